The minimum Gasteiger partial charge on any atom is -0.756 e. The molecule has 10 heteroatoms. The van der Waals surface area contributed by atoms with Gasteiger partial charge in [0.05, 0.1) is 33.8 Å². The largest absolute Gasteiger partial charge is 0.756 e. The van der Waals surface area contributed by atoms with Crippen LogP contribution in [0.25, 0.3) is 0 Å². The van der Waals surface area contributed by atoms with Gasteiger partial charge >= 0.3 is 5.97 Å². The Morgan fingerprint density at radius 3 is 1.29 bits per heavy atom. The maximum absolute atomic E-state index is 13.4. The highest BCUT2D eigenvalue weighted by Gasteiger charge is 2.27. The number of carbonyl (C=O) groups excluding carboxylic acids is 2. The summed E-state index contributed by atoms with van der Waals surface area (Å²) >= 11 is 0. The van der Waals surface area contributed by atoms with E-state index in [0.717, 1.165) is 89.9 Å². The standard InChI is InChI=1S/C62H115N2O7P/c1-7-10-13-16-19-22-25-27-28-29-30-31-32-33-34-35-36-37-40-43-46-49-52-55-62(66)71-60(53-50-47-44-41-39-26-23-20-17-14-11-8-2)59(58-70-72(67,68)69-57-56-64(4,5)6)63-61(65)54-51-48-45-42-38-24-21-18-15-12-9-3/h19,22,27-28,30-31,33-34,50,53,59-60H,7-18,20-21,23-26,29,32,35-49,51-52,54-58H2,1-6H3,(H-,63,65,67,68)/b22-19-,28-27-,31-30-,34-33-,53-50-. The molecule has 0 bridgehead atoms. The molecule has 0 aromatic rings. The van der Waals surface area contributed by atoms with Crippen molar-refractivity contribution in [1.29, 1.82) is 0 Å². The zero-order chi connectivity index (χ0) is 52.9. The van der Waals surface area contributed by atoms with Crippen LogP contribution in [0.2, 0.25) is 0 Å². The summed E-state index contributed by atoms with van der Waals surface area (Å²) in [5, 5.41) is 3.02. The predicted octanol–water partition coefficient (Wildman–Crippen LogP) is 17.6. The number of rotatable bonds is 54. The number of nitrogens with one attached hydrogen (secondary N) is 1. The first-order chi connectivity index (χ1) is 34.9. The Bertz CT molecular complexity index is 1420. The maximum atomic E-state index is 13.4. The molecule has 0 fully saturated rings. The third-order valence-corrected chi connectivity index (χ3v) is 14.2. The van der Waals surface area contributed by atoms with Gasteiger partial charge in [0.25, 0.3) is 7.82 Å². The first kappa shape index (κ1) is 69.7. The van der Waals surface area contributed by atoms with Crippen LogP contribution in [-0.4, -0.2) is 69.4 Å². The lowest BCUT2D eigenvalue weighted by Gasteiger charge is -2.30. The lowest BCUT2D eigenvalue weighted by Crippen LogP contribution is -2.47. The maximum Gasteiger partial charge on any atom is 0.306 e. The molecule has 0 rings (SSSR count). The molecular formula is C62H115N2O7P. The summed E-state index contributed by atoms with van der Waals surface area (Å²) in [5.41, 5.74) is 0. The number of unbranched alkanes of at least 4 members (excludes halogenated alkanes) is 30. The highest BCUT2D eigenvalue weighted by atomic mass is 31.2. The van der Waals surface area contributed by atoms with Gasteiger partial charge in [-0.1, -0.05) is 242 Å². The molecule has 0 aliphatic carbocycles. The van der Waals surface area contributed by atoms with Crippen molar-refractivity contribution < 1.29 is 37.3 Å². The monoisotopic (exact) mass is 1030 g/mol. The second kappa shape index (κ2) is 52.2. The van der Waals surface area contributed by atoms with Crippen LogP contribution in [-0.2, 0) is 27.9 Å². The number of hydrogen-bond acceptors (Lipinski definition) is 7. The normalized spacial score (nSPS) is 14.2. The van der Waals surface area contributed by atoms with Gasteiger partial charge in [0.15, 0.2) is 0 Å². The van der Waals surface area contributed by atoms with E-state index >= 15 is 0 Å². The van der Waals surface area contributed by atoms with Crippen LogP contribution in [0, 0.1) is 0 Å². The quantitative estimate of drug-likeness (QED) is 0.0212. The second-order valence-corrected chi connectivity index (χ2v) is 22.9. The Morgan fingerprint density at radius 2 is 0.847 bits per heavy atom. The number of hydrogen-bond donors (Lipinski definition) is 1. The molecule has 72 heavy (non-hydrogen) atoms. The molecule has 0 saturated carbocycles. The molecule has 0 saturated heterocycles. The molecule has 0 spiro atoms. The van der Waals surface area contributed by atoms with E-state index in [1.165, 1.54) is 148 Å². The molecule has 3 unspecified atom stereocenters. The van der Waals surface area contributed by atoms with Gasteiger partial charge in [0.1, 0.15) is 19.3 Å². The third-order valence-electron chi connectivity index (χ3n) is 13.2. The highest BCUT2D eigenvalue weighted by molar-refractivity contribution is 7.45. The van der Waals surface area contributed by atoms with Crippen LogP contribution >= 0.6 is 7.82 Å². The van der Waals surface area contributed by atoms with Crippen molar-refractivity contribution in [3.8, 4) is 0 Å². The van der Waals surface area contributed by atoms with E-state index in [0.29, 0.717) is 17.4 Å². The van der Waals surface area contributed by atoms with E-state index in [2.05, 4.69) is 74.7 Å². The number of nitrogens with zero attached hydrogens (tertiary/aromatic N) is 1. The van der Waals surface area contributed by atoms with Crippen LogP contribution in [0.1, 0.15) is 271 Å². The number of phosphoric ester groups is 1. The molecule has 0 aliphatic heterocycles. The van der Waals surface area contributed by atoms with Gasteiger partial charge in [0, 0.05) is 12.8 Å². The predicted molar refractivity (Wildman–Crippen MR) is 307 cm³/mol. The number of esters is 1. The molecule has 3 atom stereocenters. The Labute approximate surface area is 445 Å². The molecular weight excluding hydrogens is 916 g/mol. The van der Waals surface area contributed by atoms with Gasteiger partial charge in [-0.15, -0.1) is 0 Å². The summed E-state index contributed by atoms with van der Waals surface area (Å²) < 4.78 is 30.2. The molecule has 1 amide bonds. The SMILES string of the molecule is CCCCC/C=C\C/C=C\C/C=C\C/C=C\CCCCCCCCCC(=O)OC(/C=C\CCCCCCCCCCCC)C(COP(=O)([O-])OCC[N+](C)(C)C)NC(=O)CCCCCCCCCCCCC. The van der Waals surface area contributed by atoms with E-state index in [4.69, 9.17) is 13.8 Å². The van der Waals surface area contributed by atoms with Crippen LogP contribution in [0.5, 0.6) is 0 Å². The lowest BCUT2D eigenvalue weighted by atomic mass is 10.0. The zero-order valence-corrected chi connectivity index (χ0v) is 48.8. The van der Waals surface area contributed by atoms with Gasteiger partial charge in [-0.05, 0) is 76.7 Å². The van der Waals surface area contributed by atoms with E-state index in [-0.39, 0.29) is 24.9 Å². The van der Waals surface area contributed by atoms with Crippen molar-refractivity contribution in [3.63, 3.8) is 0 Å². The zero-order valence-electron chi connectivity index (χ0n) is 47.9. The van der Waals surface area contributed by atoms with Crippen molar-refractivity contribution in [1.82, 2.24) is 5.32 Å². The fourth-order valence-electron chi connectivity index (χ4n) is 8.51. The number of phosphoric acid groups is 1. The van der Waals surface area contributed by atoms with Crippen molar-refractivity contribution in [2.75, 3.05) is 40.9 Å². The molecule has 0 aromatic carbocycles. The second-order valence-electron chi connectivity index (χ2n) is 21.5. The first-order valence-corrected chi connectivity index (χ1v) is 31.6. The van der Waals surface area contributed by atoms with E-state index < -0.39 is 26.6 Å². The van der Waals surface area contributed by atoms with Gasteiger partial charge < -0.3 is 28.5 Å². The Morgan fingerprint density at radius 1 is 0.486 bits per heavy atom. The first-order valence-electron chi connectivity index (χ1n) is 30.1. The number of quaternary nitrogens is 1. The molecule has 0 aromatic heterocycles. The van der Waals surface area contributed by atoms with Gasteiger partial charge in [0.2, 0.25) is 5.91 Å². The average molecular weight is 1030 g/mol. The topological polar surface area (TPSA) is 114 Å². The number of likely N-dealkylation sites (N-methyl/N-ethyl adjacent to an activating group) is 1. The summed E-state index contributed by atoms with van der Waals surface area (Å²) in [6, 6.07) is -0.890. The van der Waals surface area contributed by atoms with Crippen molar-refractivity contribution in [2.45, 2.75) is 283 Å². The minimum absolute atomic E-state index is 0.0244. The molecule has 0 radical (unpaired) electrons. The van der Waals surface area contributed by atoms with Gasteiger partial charge in [-0.2, -0.15) is 0 Å². The van der Waals surface area contributed by atoms with Gasteiger partial charge in [-0.3, -0.25) is 14.2 Å². The number of allylic oxidation sites excluding steroid dienone is 9. The van der Waals surface area contributed by atoms with E-state index in [1.54, 1.807) is 0 Å². The molecule has 0 aliphatic rings. The van der Waals surface area contributed by atoms with Crippen LogP contribution in [0.3, 0.4) is 0 Å². The molecule has 9 nitrogen and oxygen atoms in total. The Hall–Kier alpha value is -2.29. The summed E-state index contributed by atoms with van der Waals surface area (Å²) in [5.74, 6) is -0.550. The molecule has 420 valence electrons. The number of ether oxygens (including phenoxy) is 1. The molecule has 0 heterocycles. The van der Waals surface area contributed by atoms with Crippen LogP contribution in [0.4, 0.5) is 0 Å². The highest BCUT2D eigenvalue weighted by Crippen LogP contribution is 2.38. The fourth-order valence-corrected chi connectivity index (χ4v) is 9.23. The average Bonchev–Trinajstić information content (AvgIpc) is 3.34. The van der Waals surface area contributed by atoms with E-state index in [9.17, 15) is 19.0 Å². The number of amides is 1. The number of carbonyl (C=O) groups is 2. The van der Waals surface area contributed by atoms with E-state index in [1.807, 2.05) is 33.3 Å². The van der Waals surface area contributed by atoms with Crippen LogP contribution < -0.4 is 10.2 Å². The van der Waals surface area contributed by atoms with Crippen molar-refractivity contribution in [3.05, 3.63) is 60.8 Å². The summed E-state index contributed by atoms with van der Waals surface area (Å²) in [6.45, 7) is 6.80. The third kappa shape index (κ3) is 52.6. The fraction of sp³-hybridized carbons (Fsp3) is 0.806. The van der Waals surface area contributed by atoms with Gasteiger partial charge in [-0.25, -0.2) is 0 Å². The lowest BCUT2D eigenvalue weighted by molar-refractivity contribution is -0.870. The van der Waals surface area contributed by atoms with Crippen LogP contribution in [0.15, 0.2) is 60.8 Å². The smallest absolute Gasteiger partial charge is 0.306 e. The Kier molecular flexibility index (Phi) is 50.5. The minimum atomic E-state index is -4.69. The Balaban J connectivity index is 5.20. The molecule has 1 N–H and O–H groups in total. The van der Waals surface area contributed by atoms with Crippen molar-refractivity contribution >= 4 is 19.7 Å². The van der Waals surface area contributed by atoms with Crippen molar-refractivity contribution in [2.24, 2.45) is 0 Å². The summed E-state index contributed by atoms with van der Waals surface area (Å²) in [6.07, 6.45) is 64.7. The summed E-state index contributed by atoms with van der Waals surface area (Å²) in [4.78, 5) is 39.8. The summed E-state index contributed by atoms with van der Waals surface area (Å²) in [7, 11) is 1.18.